The highest BCUT2D eigenvalue weighted by Crippen LogP contribution is 2.51. The second-order valence-electron chi connectivity index (χ2n) is 8.45. The quantitative estimate of drug-likeness (QED) is 0.304. The van der Waals surface area contributed by atoms with Gasteiger partial charge in [-0.1, -0.05) is 82.3 Å². The summed E-state index contributed by atoms with van der Waals surface area (Å²) in [4.78, 5) is 0. The van der Waals surface area contributed by atoms with Gasteiger partial charge < -0.3 is 13.6 Å². The van der Waals surface area contributed by atoms with E-state index in [2.05, 4.69) is 27.7 Å². The van der Waals surface area contributed by atoms with Crippen LogP contribution in [0.1, 0.15) is 38.8 Å². The summed E-state index contributed by atoms with van der Waals surface area (Å²) in [6.07, 6.45) is 1.59. The van der Waals surface area contributed by atoms with E-state index in [1.807, 2.05) is 66.7 Å². The van der Waals surface area contributed by atoms with Gasteiger partial charge in [-0.3, -0.25) is 0 Å². The Hall–Kier alpha value is -2.71. The number of hydrogen-bond donors (Lipinski definition) is 0. The molecule has 0 unspecified atom stereocenters. The molecule has 0 saturated heterocycles. The standard InChI is InChI=1S/C26H31O4P/c1-20(2)18-22-12-8-10-16-25(22)29-31(27,28-24-14-6-5-7-15-24)30-26-17-11-9-13-23(26)19-21(3)4/h5-17,20-21H,18-19H2,1-4H3. The minimum Gasteiger partial charge on any atom is -0.386 e. The third-order valence-electron chi connectivity index (χ3n) is 4.58. The first kappa shape index (κ1) is 23.0. The summed E-state index contributed by atoms with van der Waals surface area (Å²) >= 11 is 0. The predicted octanol–water partition coefficient (Wildman–Crippen LogP) is 7.73. The molecule has 3 aromatic carbocycles. The molecule has 0 fully saturated rings. The molecule has 0 saturated carbocycles. The molecule has 0 bridgehead atoms. The van der Waals surface area contributed by atoms with Crippen LogP contribution in [0.2, 0.25) is 0 Å². The summed E-state index contributed by atoms with van der Waals surface area (Å²) in [7, 11) is -4.03. The molecule has 31 heavy (non-hydrogen) atoms. The lowest BCUT2D eigenvalue weighted by molar-refractivity contribution is 0.295. The van der Waals surface area contributed by atoms with Crippen LogP contribution >= 0.6 is 7.82 Å². The third kappa shape index (κ3) is 6.90. The molecular formula is C26H31O4P. The van der Waals surface area contributed by atoms with Crippen molar-refractivity contribution in [3.05, 3.63) is 90.0 Å². The van der Waals surface area contributed by atoms with Gasteiger partial charge in [0.25, 0.3) is 0 Å². The summed E-state index contributed by atoms with van der Waals surface area (Å²) < 4.78 is 31.8. The second kappa shape index (κ2) is 10.5. The van der Waals surface area contributed by atoms with Gasteiger partial charge in [-0.2, -0.15) is 4.57 Å². The van der Waals surface area contributed by atoms with Crippen LogP contribution in [0.5, 0.6) is 17.2 Å². The first-order valence-corrected chi connectivity index (χ1v) is 12.2. The Morgan fingerprint density at radius 3 is 1.48 bits per heavy atom. The Bertz CT molecular complexity index is 955. The van der Waals surface area contributed by atoms with Crippen LogP contribution < -0.4 is 13.6 Å². The van der Waals surface area contributed by atoms with Crippen molar-refractivity contribution in [2.45, 2.75) is 40.5 Å². The van der Waals surface area contributed by atoms with Crippen LogP contribution in [0.3, 0.4) is 0 Å². The fourth-order valence-corrected chi connectivity index (χ4v) is 4.64. The molecule has 5 heteroatoms. The Balaban J connectivity index is 1.96. The van der Waals surface area contributed by atoms with Gasteiger partial charge in [0, 0.05) is 0 Å². The van der Waals surface area contributed by atoms with Crippen LogP contribution in [0.25, 0.3) is 0 Å². The van der Waals surface area contributed by atoms with Crippen molar-refractivity contribution in [2.75, 3.05) is 0 Å². The molecular weight excluding hydrogens is 407 g/mol. The number of rotatable bonds is 10. The molecule has 0 aliphatic heterocycles. The van der Waals surface area contributed by atoms with E-state index in [-0.39, 0.29) is 0 Å². The summed E-state index contributed by atoms with van der Waals surface area (Å²) in [6.45, 7) is 8.54. The molecule has 0 aliphatic carbocycles. The Kier molecular flexibility index (Phi) is 7.81. The van der Waals surface area contributed by atoms with Crippen molar-refractivity contribution in [2.24, 2.45) is 11.8 Å². The largest absolute Gasteiger partial charge is 0.647 e. The third-order valence-corrected chi connectivity index (χ3v) is 5.86. The lowest BCUT2D eigenvalue weighted by atomic mass is 10.0. The highest BCUT2D eigenvalue weighted by atomic mass is 31.2. The van der Waals surface area contributed by atoms with Crippen molar-refractivity contribution >= 4 is 7.82 Å². The smallest absolute Gasteiger partial charge is 0.386 e. The zero-order valence-corrected chi connectivity index (χ0v) is 19.5. The molecule has 0 aliphatic rings. The summed E-state index contributed by atoms with van der Waals surface area (Å²) in [5, 5.41) is 0. The summed E-state index contributed by atoms with van der Waals surface area (Å²) in [6, 6.07) is 24.2. The van der Waals surface area contributed by atoms with E-state index >= 15 is 0 Å². The highest BCUT2D eigenvalue weighted by Gasteiger charge is 2.34. The Morgan fingerprint density at radius 2 is 1.03 bits per heavy atom. The van der Waals surface area contributed by atoms with Crippen LogP contribution in [-0.4, -0.2) is 0 Å². The Morgan fingerprint density at radius 1 is 0.613 bits per heavy atom. The SMILES string of the molecule is CC(C)Cc1ccccc1OP(=O)(Oc1ccccc1)Oc1ccccc1CC(C)C. The molecule has 0 amide bonds. The number of phosphoric acid groups is 1. The summed E-state index contributed by atoms with van der Waals surface area (Å²) in [5.74, 6) is 2.29. The van der Waals surface area contributed by atoms with Crippen molar-refractivity contribution < 1.29 is 18.1 Å². The van der Waals surface area contributed by atoms with Crippen LogP contribution in [0.15, 0.2) is 78.9 Å². The number of benzene rings is 3. The van der Waals surface area contributed by atoms with Crippen LogP contribution in [-0.2, 0) is 17.4 Å². The second-order valence-corrected chi connectivity index (χ2v) is 9.89. The average molecular weight is 439 g/mol. The van der Waals surface area contributed by atoms with Gasteiger partial charge in [0.2, 0.25) is 0 Å². The van der Waals surface area contributed by atoms with Gasteiger partial charge in [0.05, 0.1) is 0 Å². The van der Waals surface area contributed by atoms with Crippen LogP contribution in [0, 0.1) is 11.8 Å². The minimum absolute atomic E-state index is 0.423. The molecule has 4 nitrogen and oxygen atoms in total. The fourth-order valence-electron chi connectivity index (χ4n) is 3.31. The molecule has 0 radical (unpaired) electrons. The first-order chi connectivity index (χ1) is 14.8. The van der Waals surface area contributed by atoms with Crippen molar-refractivity contribution in [3.63, 3.8) is 0 Å². The maximum absolute atomic E-state index is 13.9. The van der Waals surface area contributed by atoms with E-state index in [0.717, 1.165) is 24.0 Å². The monoisotopic (exact) mass is 438 g/mol. The molecule has 0 N–H and O–H groups in total. The van der Waals surface area contributed by atoms with Gasteiger partial charge in [0.15, 0.2) is 0 Å². The normalized spacial score (nSPS) is 11.5. The van der Waals surface area contributed by atoms with E-state index in [1.165, 1.54) is 0 Å². The molecule has 0 heterocycles. The van der Waals surface area contributed by atoms with Crippen molar-refractivity contribution in [3.8, 4) is 17.2 Å². The van der Waals surface area contributed by atoms with Crippen molar-refractivity contribution in [1.82, 2.24) is 0 Å². The zero-order chi connectivity index (χ0) is 22.3. The number of para-hydroxylation sites is 3. The predicted molar refractivity (Wildman–Crippen MR) is 126 cm³/mol. The first-order valence-electron chi connectivity index (χ1n) is 10.7. The van der Waals surface area contributed by atoms with Gasteiger partial charge in [-0.25, -0.2) is 0 Å². The van der Waals surface area contributed by atoms with Crippen LogP contribution in [0.4, 0.5) is 0 Å². The van der Waals surface area contributed by atoms with Crippen molar-refractivity contribution in [1.29, 1.82) is 0 Å². The van der Waals surface area contributed by atoms with Gasteiger partial charge in [-0.15, -0.1) is 0 Å². The minimum atomic E-state index is -4.03. The molecule has 0 aromatic heterocycles. The van der Waals surface area contributed by atoms with E-state index < -0.39 is 7.82 Å². The zero-order valence-electron chi connectivity index (χ0n) is 18.7. The van der Waals surface area contributed by atoms with E-state index in [1.54, 1.807) is 12.1 Å². The number of hydrogen-bond acceptors (Lipinski definition) is 4. The topological polar surface area (TPSA) is 44.8 Å². The maximum atomic E-state index is 13.9. The van der Waals surface area contributed by atoms with Gasteiger partial charge >= 0.3 is 7.82 Å². The molecule has 164 valence electrons. The lowest BCUT2D eigenvalue weighted by Gasteiger charge is -2.22. The van der Waals surface area contributed by atoms with E-state index in [0.29, 0.717) is 29.1 Å². The van der Waals surface area contributed by atoms with E-state index in [9.17, 15) is 4.57 Å². The Labute approximate surface area is 185 Å². The average Bonchev–Trinajstić information content (AvgIpc) is 2.71. The molecule has 0 atom stereocenters. The molecule has 0 spiro atoms. The fraction of sp³-hybridized carbons (Fsp3) is 0.308. The van der Waals surface area contributed by atoms with Gasteiger partial charge in [0.1, 0.15) is 17.2 Å². The molecule has 3 aromatic rings. The summed E-state index contributed by atoms with van der Waals surface area (Å²) in [5.41, 5.74) is 1.93. The lowest BCUT2D eigenvalue weighted by Crippen LogP contribution is -2.10. The number of phosphoric ester groups is 1. The molecule has 3 rings (SSSR count). The van der Waals surface area contributed by atoms with E-state index in [4.69, 9.17) is 13.6 Å². The highest BCUT2D eigenvalue weighted by molar-refractivity contribution is 7.49. The van der Waals surface area contributed by atoms with Gasteiger partial charge in [-0.05, 0) is 60.1 Å². The maximum Gasteiger partial charge on any atom is 0.647 e.